The summed E-state index contributed by atoms with van der Waals surface area (Å²) in [6.07, 6.45) is 0. The Balaban J connectivity index is 2.07. The molecule has 0 heterocycles. The first-order valence-corrected chi connectivity index (χ1v) is 14.5. The van der Waals surface area contributed by atoms with Crippen LogP contribution in [-0.2, 0) is 26.2 Å². The first-order chi connectivity index (χ1) is 19.5. The van der Waals surface area contributed by atoms with Gasteiger partial charge in [-0.3, -0.25) is 13.9 Å². The summed E-state index contributed by atoms with van der Waals surface area (Å²) in [5, 5.41) is 2.80. The van der Waals surface area contributed by atoms with Crippen molar-refractivity contribution in [3.63, 3.8) is 0 Å². The Bertz CT molecular complexity index is 1450. The van der Waals surface area contributed by atoms with Crippen molar-refractivity contribution >= 4 is 27.5 Å². The van der Waals surface area contributed by atoms with Crippen molar-refractivity contribution in [3.05, 3.63) is 84.2 Å². The second-order valence-electron chi connectivity index (χ2n) is 9.79. The number of rotatable bonds is 13. The largest absolute Gasteiger partial charge is 0.493 e. The maximum Gasteiger partial charge on any atom is 0.264 e. The lowest BCUT2D eigenvalue weighted by atomic mass is 10.1. The van der Waals surface area contributed by atoms with E-state index in [1.165, 1.54) is 74.6 Å². The lowest BCUT2D eigenvalue weighted by Crippen LogP contribution is -2.51. The maximum absolute atomic E-state index is 14.7. The van der Waals surface area contributed by atoms with Crippen molar-refractivity contribution < 1.29 is 31.9 Å². The second-order valence-corrected chi connectivity index (χ2v) is 11.7. The highest BCUT2D eigenvalue weighted by Crippen LogP contribution is 2.34. The summed E-state index contributed by atoms with van der Waals surface area (Å²) >= 11 is 0. The number of sulfonamides is 1. The summed E-state index contributed by atoms with van der Waals surface area (Å²) in [7, 11) is -1.40. The van der Waals surface area contributed by atoms with E-state index < -0.39 is 40.2 Å². The number of halogens is 1. The highest BCUT2D eigenvalue weighted by Gasteiger charge is 2.33. The molecule has 0 bridgehead atoms. The number of benzene rings is 3. The smallest absolute Gasteiger partial charge is 0.264 e. The Morgan fingerprint density at radius 1 is 0.902 bits per heavy atom. The van der Waals surface area contributed by atoms with Gasteiger partial charge < -0.3 is 19.7 Å². The van der Waals surface area contributed by atoms with Gasteiger partial charge in [0.25, 0.3) is 10.0 Å². The molecule has 0 fully saturated rings. The Hall–Kier alpha value is -4.12. The van der Waals surface area contributed by atoms with E-state index in [0.717, 1.165) is 4.31 Å². The number of carbonyl (C=O) groups excluding carboxylic acids is 2. The van der Waals surface area contributed by atoms with E-state index in [2.05, 4.69) is 5.32 Å². The first kappa shape index (κ1) is 31.4. The lowest BCUT2D eigenvalue weighted by molar-refractivity contribution is -0.139. The quantitative estimate of drug-likeness (QED) is 0.322. The minimum Gasteiger partial charge on any atom is -0.493 e. The third-order valence-electron chi connectivity index (χ3n) is 6.42. The molecule has 41 heavy (non-hydrogen) atoms. The van der Waals surface area contributed by atoms with Crippen LogP contribution in [0, 0.1) is 11.7 Å². The number of nitrogens with one attached hydrogen (secondary N) is 1. The Kier molecular flexibility index (Phi) is 10.7. The van der Waals surface area contributed by atoms with Crippen LogP contribution in [0.3, 0.4) is 0 Å². The van der Waals surface area contributed by atoms with Gasteiger partial charge in [-0.15, -0.1) is 0 Å². The molecule has 1 N–H and O–H groups in total. The average Bonchev–Trinajstić information content (AvgIpc) is 2.97. The SMILES string of the molecule is COc1ccc(N(CC(=O)N(Cc2ccccc2F)[C@H](C)C(=O)NCC(C)C)S(=O)(=O)c2ccccc2)cc1OC. The summed E-state index contributed by atoms with van der Waals surface area (Å²) in [6.45, 7) is 4.87. The van der Waals surface area contributed by atoms with Crippen LogP contribution in [0.1, 0.15) is 26.3 Å². The summed E-state index contributed by atoms with van der Waals surface area (Å²) in [5.41, 5.74) is 0.329. The first-order valence-electron chi connectivity index (χ1n) is 13.1. The summed E-state index contributed by atoms with van der Waals surface area (Å²) in [5.74, 6) is -0.888. The molecule has 0 unspecified atom stereocenters. The van der Waals surface area contributed by atoms with Gasteiger partial charge in [0.15, 0.2) is 11.5 Å². The molecule has 0 aliphatic heterocycles. The zero-order valence-corrected chi connectivity index (χ0v) is 24.7. The molecular weight excluding hydrogens is 549 g/mol. The Labute approximate surface area is 240 Å². The van der Waals surface area contributed by atoms with Crippen LogP contribution in [0.2, 0.25) is 0 Å². The van der Waals surface area contributed by atoms with Gasteiger partial charge in [-0.05, 0) is 43.2 Å². The van der Waals surface area contributed by atoms with Crippen LogP contribution in [0.5, 0.6) is 11.5 Å². The molecule has 1 atom stereocenters. The molecule has 0 aliphatic rings. The molecule has 0 aliphatic carbocycles. The fourth-order valence-corrected chi connectivity index (χ4v) is 5.50. The van der Waals surface area contributed by atoms with E-state index in [1.807, 2.05) is 13.8 Å². The molecule has 0 saturated carbocycles. The number of amides is 2. The molecule has 0 spiro atoms. The molecule has 3 aromatic rings. The maximum atomic E-state index is 14.7. The topological polar surface area (TPSA) is 105 Å². The van der Waals surface area contributed by atoms with Crippen molar-refractivity contribution in [3.8, 4) is 11.5 Å². The zero-order chi connectivity index (χ0) is 30.2. The van der Waals surface area contributed by atoms with Crippen LogP contribution >= 0.6 is 0 Å². The van der Waals surface area contributed by atoms with Gasteiger partial charge in [0, 0.05) is 24.7 Å². The summed E-state index contributed by atoms with van der Waals surface area (Å²) < 4.78 is 54.0. The Morgan fingerprint density at radius 3 is 2.15 bits per heavy atom. The van der Waals surface area contributed by atoms with Crippen molar-refractivity contribution in [2.45, 2.75) is 38.3 Å². The number of nitrogens with zero attached hydrogens (tertiary/aromatic N) is 2. The van der Waals surface area contributed by atoms with E-state index in [4.69, 9.17) is 9.47 Å². The molecule has 2 amide bonds. The highest BCUT2D eigenvalue weighted by atomic mass is 32.2. The molecule has 3 aromatic carbocycles. The fraction of sp³-hybridized carbons (Fsp3) is 0.333. The standard InChI is InChI=1S/C30H36FN3O6S/c1-21(2)18-32-30(36)22(3)33(19-23-11-9-10-14-26(23)31)29(35)20-34(41(37,38)25-12-7-6-8-13-25)24-15-16-27(39-4)28(17-24)40-5/h6-17,21-22H,18-20H2,1-5H3,(H,32,36)/t22-/m1/s1. The number of carbonyl (C=O) groups is 2. The predicted molar refractivity (Wildman–Crippen MR) is 155 cm³/mol. The van der Waals surface area contributed by atoms with Crippen LogP contribution in [0.4, 0.5) is 10.1 Å². The average molecular weight is 586 g/mol. The van der Waals surface area contributed by atoms with Crippen LogP contribution in [0.15, 0.2) is 77.7 Å². The van der Waals surface area contributed by atoms with Gasteiger partial charge in [-0.25, -0.2) is 12.8 Å². The lowest BCUT2D eigenvalue weighted by Gasteiger charge is -2.32. The van der Waals surface area contributed by atoms with Crippen molar-refractivity contribution in [2.24, 2.45) is 5.92 Å². The van der Waals surface area contributed by atoms with Gasteiger partial charge in [-0.2, -0.15) is 0 Å². The number of ether oxygens (including phenoxy) is 2. The van der Waals surface area contributed by atoms with Gasteiger partial charge in [0.2, 0.25) is 11.8 Å². The molecular formula is C30H36FN3O6S. The second kappa shape index (κ2) is 14.0. The monoisotopic (exact) mass is 585 g/mol. The number of hydrogen-bond donors (Lipinski definition) is 1. The third kappa shape index (κ3) is 7.75. The van der Waals surface area contributed by atoms with Crippen molar-refractivity contribution in [1.82, 2.24) is 10.2 Å². The Morgan fingerprint density at radius 2 is 1.54 bits per heavy atom. The summed E-state index contributed by atoms with van der Waals surface area (Å²) in [6, 6.07) is 17.1. The number of anilines is 1. The van der Waals surface area contributed by atoms with E-state index >= 15 is 0 Å². The molecule has 3 rings (SSSR count). The van der Waals surface area contributed by atoms with Gasteiger partial charge in [-0.1, -0.05) is 50.2 Å². The molecule has 11 heteroatoms. The van der Waals surface area contributed by atoms with Crippen LogP contribution < -0.4 is 19.1 Å². The van der Waals surface area contributed by atoms with Crippen LogP contribution in [-0.4, -0.2) is 58.5 Å². The van der Waals surface area contributed by atoms with E-state index in [1.54, 1.807) is 24.3 Å². The highest BCUT2D eigenvalue weighted by molar-refractivity contribution is 7.92. The fourth-order valence-electron chi connectivity index (χ4n) is 4.07. The zero-order valence-electron chi connectivity index (χ0n) is 23.8. The molecule has 220 valence electrons. The predicted octanol–water partition coefficient (Wildman–Crippen LogP) is 4.23. The van der Waals surface area contributed by atoms with Gasteiger partial charge in [0.1, 0.15) is 18.4 Å². The van der Waals surface area contributed by atoms with Crippen LogP contribution in [0.25, 0.3) is 0 Å². The number of methoxy groups -OCH3 is 2. The van der Waals surface area contributed by atoms with E-state index in [-0.39, 0.29) is 34.4 Å². The normalized spacial score (nSPS) is 12.0. The third-order valence-corrected chi connectivity index (χ3v) is 8.20. The molecule has 0 aromatic heterocycles. The molecule has 0 radical (unpaired) electrons. The van der Waals surface area contributed by atoms with Gasteiger partial charge >= 0.3 is 0 Å². The molecule has 9 nitrogen and oxygen atoms in total. The van der Waals surface area contributed by atoms with E-state index in [0.29, 0.717) is 12.3 Å². The number of hydrogen-bond acceptors (Lipinski definition) is 6. The van der Waals surface area contributed by atoms with E-state index in [9.17, 15) is 22.4 Å². The molecule has 0 saturated heterocycles. The van der Waals surface area contributed by atoms with Crippen molar-refractivity contribution in [2.75, 3.05) is 31.6 Å². The van der Waals surface area contributed by atoms with Gasteiger partial charge in [0.05, 0.1) is 24.8 Å². The summed E-state index contributed by atoms with van der Waals surface area (Å²) in [4.78, 5) is 28.1. The van der Waals surface area contributed by atoms with Crippen molar-refractivity contribution in [1.29, 1.82) is 0 Å². The minimum absolute atomic E-state index is 0.0361. The minimum atomic E-state index is -4.26.